The van der Waals surface area contributed by atoms with Gasteiger partial charge in [-0.15, -0.1) is 0 Å². The van der Waals surface area contributed by atoms with Crippen LogP contribution in [0.5, 0.6) is 0 Å². The maximum absolute atomic E-state index is 3.48. The van der Waals surface area contributed by atoms with Gasteiger partial charge in [-0.05, 0) is 19.3 Å². The Morgan fingerprint density at radius 2 is 1.27 bits per heavy atom. The summed E-state index contributed by atoms with van der Waals surface area (Å²) in [6.45, 7) is 8.00. The summed E-state index contributed by atoms with van der Waals surface area (Å²) in [4.78, 5) is 0. The van der Waals surface area contributed by atoms with Gasteiger partial charge in [-0.1, -0.05) is 34.1 Å². The number of fused-ring (bicyclic) bond motifs is 2. The molecule has 1 N–H and O–H groups in total. The van der Waals surface area contributed by atoms with Crippen LogP contribution in [0, 0.1) is 0 Å². The molecule has 1 saturated carbocycles. The number of rotatable bonds is 0. The summed E-state index contributed by atoms with van der Waals surface area (Å²) < 4.78 is 0. The molecular formula is C10H23N. The number of nitrogens with one attached hydrogen (secondary N) is 1. The van der Waals surface area contributed by atoms with Gasteiger partial charge in [0.15, 0.2) is 0 Å². The molecule has 2 heterocycles. The fourth-order valence-electron chi connectivity index (χ4n) is 1.67. The zero-order chi connectivity index (χ0) is 8.69. The van der Waals surface area contributed by atoms with E-state index in [1.54, 1.807) is 0 Å². The fourth-order valence-corrected chi connectivity index (χ4v) is 1.67. The third-order valence-electron chi connectivity index (χ3n) is 2.15. The summed E-state index contributed by atoms with van der Waals surface area (Å²) in [7, 11) is 0. The van der Waals surface area contributed by atoms with Crippen molar-refractivity contribution < 1.29 is 0 Å². The highest BCUT2D eigenvalue weighted by Crippen LogP contribution is 2.27. The van der Waals surface area contributed by atoms with E-state index in [9.17, 15) is 0 Å². The number of piperidine rings is 1. The quantitative estimate of drug-likeness (QED) is 0.570. The predicted octanol–water partition coefficient (Wildman–Crippen LogP) is 2.95. The molecule has 68 valence electrons. The van der Waals surface area contributed by atoms with Crippen LogP contribution in [-0.2, 0) is 0 Å². The molecule has 1 nitrogen and oxygen atoms in total. The number of hydrogen-bond acceptors (Lipinski definition) is 1. The van der Waals surface area contributed by atoms with E-state index >= 15 is 0 Å². The van der Waals surface area contributed by atoms with Crippen molar-refractivity contribution in [1.82, 2.24) is 5.32 Å². The molecule has 2 aliphatic heterocycles. The van der Waals surface area contributed by atoms with Crippen LogP contribution in [0.25, 0.3) is 0 Å². The summed E-state index contributed by atoms with van der Waals surface area (Å²) in [5, 5.41) is 3.48. The van der Waals surface area contributed by atoms with Crippen molar-refractivity contribution in [3.05, 3.63) is 0 Å². The molecule has 0 aromatic carbocycles. The summed E-state index contributed by atoms with van der Waals surface area (Å²) in [5.74, 6) is 0. The van der Waals surface area contributed by atoms with Crippen molar-refractivity contribution in [2.75, 3.05) is 0 Å². The average molecular weight is 157 g/mol. The minimum Gasteiger partial charge on any atom is -0.311 e. The standard InChI is InChI=1S/C6H11N.2C2H6/c1-2-5-4-6(3-1)7-5;2*1-2/h5-7H,1-4H2;2*1-2H3. The molecule has 11 heavy (non-hydrogen) atoms. The first-order chi connectivity index (χ1) is 5.45. The summed E-state index contributed by atoms with van der Waals surface area (Å²) in [5.41, 5.74) is 0. The minimum absolute atomic E-state index is 0.929. The monoisotopic (exact) mass is 157 g/mol. The largest absolute Gasteiger partial charge is 0.311 e. The Hall–Kier alpha value is -0.0400. The lowest BCUT2D eigenvalue weighted by Crippen LogP contribution is -2.55. The Morgan fingerprint density at radius 1 is 0.909 bits per heavy atom. The van der Waals surface area contributed by atoms with Crippen LogP contribution in [0.1, 0.15) is 53.4 Å². The minimum atomic E-state index is 0.929. The molecule has 2 bridgehead atoms. The molecule has 2 saturated heterocycles. The predicted molar refractivity (Wildman–Crippen MR) is 51.9 cm³/mol. The van der Waals surface area contributed by atoms with E-state index in [0.29, 0.717) is 0 Å². The van der Waals surface area contributed by atoms with Crippen LogP contribution in [0.15, 0.2) is 0 Å². The highest BCUT2D eigenvalue weighted by molar-refractivity contribution is 4.92. The first-order valence-corrected chi connectivity index (χ1v) is 5.21. The van der Waals surface area contributed by atoms with E-state index in [1.165, 1.54) is 25.7 Å². The molecule has 3 fully saturated rings. The van der Waals surface area contributed by atoms with Gasteiger partial charge >= 0.3 is 0 Å². The Labute approximate surface area is 71.6 Å². The second-order valence-corrected chi connectivity index (χ2v) is 2.73. The molecule has 2 atom stereocenters. The zero-order valence-electron chi connectivity index (χ0n) is 8.48. The molecule has 0 aromatic heterocycles. The Kier molecular flexibility index (Phi) is 6.63. The molecule has 3 rings (SSSR count). The molecule has 1 aliphatic carbocycles. The SMILES string of the molecule is C1CC2CC(C1)N2.CC.CC. The highest BCUT2D eigenvalue weighted by Gasteiger charge is 2.31. The summed E-state index contributed by atoms with van der Waals surface area (Å²) in [6.07, 6.45) is 5.83. The second kappa shape index (κ2) is 6.66. The van der Waals surface area contributed by atoms with Crippen molar-refractivity contribution in [2.45, 2.75) is 65.5 Å². The van der Waals surface area contributed by atoms with E-state index in [1.807, 2.05) is 27.7 Å². The van der Waals surface area contributed by atoms with Crippen molar-refractivity contribution in [2.24, 2.45) is 0 Å². The van der Waals surface area contributed by atoms with E-state index in [-0.39, 0.29) is 0 Å². The molecule has 0 spiro atoms. The fraction of sp³-hybridized carbons (Fsp3) is 1.00. The first-order valence-electron chi connectivity index (χ1n) is 5.21. The molecule has 3 aliphatic rings. The lowest BCUT2D eigenvalue weighted by Gasteiger charge is -2.42. The first kappa shape index (κ1) is 11.0. The van der Waals surface area contributed by atoms with Gasteiger partial charge in [0.1, 0.15) is 0 Å². The normalized spacial score (nSPS) is 31.6. The number of hydrogen-bond donors (Lipinski definition) is 1. The highest BCUT2D eigenvalue weighted by atomic mass is 15.0. The van der Waals surface area contributed by atoms with Gasteiger partial charge in [0.25, 0.3) is 0 Å². The van der Waals surface area contributed by atoms with E-state index < -0.39 is 0 Å². The summed E-state index contributed by atoms with van der Waals surface area (Å²) in [6, 6.07) is 1.86. The maximum Gasteiger partial charge on any atom is 0.00844 e. The third kappa shape index (κ3) is 3.24. The van der Waals surface area contributed by atoms with Gasteiger partial charge in [0.05, 0.1) is 0 Å². The van der Waals surface area contributed by atoms with E-state index in [4.69, 9.17) is 0 Å². The van der Waals surface area contributed by atoms with Crippen LogP contribution < -0.4 is 5.32 Å². The van der Waals surface area contributed by atoms with Gasteiger partial charge in [0.2, 0.25) is 0 Å². The van der Waals surface area contributed by atoms with Gasteiger partial charge < -0.3 is 5.32 Å². The Balaban J connectivity index is 0.000000222. The van der Waals surface area contributed by atoms with Crippen LogP contribution in [0.2, 0.25) is 0 Å². The molecule has 0 amide bonds. The topological polar surface area (TPSA) is 12.0 Å². The van der Waals surface area contributed by atoms with Gasteiger partial charge in [-0.25, -0.2) is 0 Å². The van der Waals surface area contributed by atoms with Crippen LogP contribution in [0.3, 0.4) is 0 Å². The maximum atomic E-state index is 3.48. The van der Waals surface area contributed by atoms with Crippen molar-refractivity contribution in [3.8, 4) is 0 Å². The van der Waals surface area contributed by atoms with Gasteiger partial charge in [-0.3, -0.25) is 0 Å². The van der Waals surface area contributed by atoms with Crippen LogP contribution in [0.4, 0.5) is 0 Å². The molecule has 1 heteroatoms. The smallest absolute Gasteiger partial charge is 0.00844 e. The molecule has 0 aromatic rings. The molecular weight excluding hydrogens is 134 g/mol. The van der Waals surface area contributed by atoms with Crippen LogP contribution in [-0.4, -0.2) is 12.1 Å². The van der Waals surface area contributed by atoms with Crippen molar-refractivity contribution in [1.29, 1.82) is 0 Å². The average Bonchev–Trinajstić information content (AvgIpc) is 2.12. The van der Waals surface area contributed by atoms with Crippen molar-refractivity contribution in [3.63, 3.8) is 0 Å². The summed E-state index contributed by atoms with van der Waals surface area (Å²) >= 11 is 0. The van der Waals surface area contributed by atoms with Gasteiger partial charge in [-0.2, -0.15) is 0 Å². The lowest BCUT2D eigenvalue weighted by atomic mass is 9.83. The Morgan fingerprint density at radius 3 is 1.36 bits per heavy atom. The van der Waals surface area contributed by atoms with E-state index in [2.05, 4.69) is 5.32 Å². The zero-order valence-corrected chi connectivity index (χ0v) is 8.48. The van der Waals surface area contributed by atoms with Gasteiger partial charge in [0, 0.05) is 12.1 Å². The third-order valence-corrected chi connectivity index (χ3v) is 2.15. The van der Waals surface area contributed by atoms with Crippen LogP contribution >= 0.6 is 0 Å². The van der Waals surface area contributed by atoms with E-state index in [0.717, 1.165) is 12.1 Å². The lowest BCUT2D eigenvalue weighted by molar-refractivity contribution is 0.182. The second-order valence-electron chi connectivity index (χ2n) is 2.73. The molecule has 0 radical (unpaired) electrons. The van der Waals surface area contributed by atoms with Crippen molar-refractivity contribution >= 4 is 0 Å². The molecule has 2 unspecified atom stereocenters. The Bertz CT molecular complexity index is 61.4.